The van der Waals surface area contributed by atoms with E-state index in [1.165, 1.54) is 6.26 Å². The third kappa shape index (κ3) is 6.57. The van der Waals surface area contributed by atoms with Gasteiger partial charge < -0.3 is 21.2 Å². The van der Waals surface area contributed by atoms with Gasteiger partial charge in [0.15, 0.2) is 5.78 Å². The second-order valence-corrected chi connectivity index (χ2v) is 11.2. The van der Waals surface area contributed by atoms with Crippen LogP contribution in [-0.4, -0.2) is 68.6 Å². The molecule has 0 radical (unpaired) electrons. The number of amides is 1. The van der Waals surface area contributed by atoms with E-state index in [1.807, 2.05) is 60.7 Å². The number of rotatable bonds is 10. The SMILES string of the molecule is CS(=O)(=O)N[C@@H](C(=O)NC(C(=O)[C@@H]1CCCN1)C1=CON(C(=N)N)C1)C(c1ccccc1)c1ccccc1. The van der Waals surface area contributed by atoms with Crippen molar-refractivity contribution in [1.82, 2.24) is 20.4 Å². The molecule has 2 aromatic rings. The Labute approximate surface area is 221 Å². The predicted molar refractivity (Wildman–Crippen MR) is 142 cm³/mol. The Bertz CT molecular complexity index is 1260. The van der Waals surface area contributed by atoms with Crippen LogP contribution in [0.4, 0.5) is 0 Å². The average molecular weight is 541 g/mol. The number of nitrogens with zero attached hydrogens (tertiary/aromatic N) is 1. The molecule has 202 valence electrons. The number of ketones is 1. The summed E-state index contributed by atoms with van der Waals surface area (Å²) in [5.74, 6) is -1.98. The quantitative estimate of drug-likeness (QED) is 0.215. The van der Waals surface area contributed by atoms with Crippen molar-refractivity contribution in [2.45, 2.75) is 36.9 Å². The van der Waals surface area contributed by atoms with Gasteiger partial charge in [-0.05, 0) is 30.5 Å². The van der Waals surface area contributed by atoms with Crippen LogP contribution in [-0.2, 0) is 24.4 Å². The Balaban J connectivity index is 1.71. The maximum atomic E-state index is 14.0. The lowest BCUT2D eigenvalue weighted by Crippen LogP contribution is -2.56. The molecule has 2 aliphatic heterocycles. The second kappa shape index (κ2) is 11.8. The number of nitrogens with one attached hydrogen (secondary N) is 4. The van der Waals surface area contributed by atoms with Crippen LogP contribution < -0.4 is 21.1 Å². The first kappa shape index (κ1) is 27.3. The molecule has 0 aromatic heterocycles. The fraction of sp³-hybridized carbons (Fsp3) is 0.346. The molecule has 3 atom stereocenters. The number of Topliss-reactive ketones (excluding diaryl/α,β-unsaturated/α-hetero) is 1. The lowest BCUT2D eigenvalue weighted by molar-refractivity contribution is -0.129. The summed E-state index contributed by atoms with van der Waals surface area (Å²) in [7, 11) is -3.84. The molecular weight excluding hydrogens is 508 g/mol. The summed E-state index contributed by atoms with van der Waals surface area (Å²) >= 11 is 0. The predicted octanol–water partition coefficient (Wildman–Crippen LogP) is 0.567. The van der Waals surface area contributed by atoms with Gasteiger partial charge in [0.25, 0.3) is 0 Å². The summed E-state index contributed by atoms with van der Waals surface area (Å²) in [4.78, 5) is 32.8. The van der Waals surface area contributed by atoms with Gasteiger partial charge in [-0.1, -0.05) is 60.7 Å². The Morgan fingerprint density at radius 3 is 2.18 bits per heavy atom. The Morgan fingerprint density at radius 1 is 1.11 bits per heavy atom. The molecule has 11 nitrogen and oxygen atoms in total. The number of guanidine groups is 1. The van der Waals surface area contributed by atoms with Crippen LogP contribution in [0, 0.1) is 5.41 Å². The number of nitrogens with two attached hydrogens (primary N) is 1. The molecule has 0 bridgehead atoms. The van der Waals surface area contributed by atoms with E-state index in [0.29, 0.717) is 18.5 Å². The third-order valence-corrected chi connectivity index (χ3v) is 7.23. The van der Waals surface area contributed by atoms with E-state index >= 15 is 0 Å². The largest absolute Gasteiger partial charge is 0.384 e. The molecule has 1 fully saturated rings. The highest BCUT2D eigenvalue weighted by molar-refractivity contribution is 7.88. The zero-order valence-corrected chi connectivity index (χ0v) is 21.8. The molecule has 4 rings (SSSR count). The molecule has 1 unspecified atom stereocenters. The van der Waals surface area contributed by atoms with Crippen molar-refractivity contribution in [3.8, 4) is 0 Å². The maximum absolute atomic E-state index is 14.0. The number of carbonyl (C=O) groups excluding carboxylic acids is 2. The van der Waals surface area contributed by atoms with Gasteiger partial charge in [-0.2, -0.15) is 5.06 Å². The topological polar surface area (TPSA) is 167 Å². The van der Waals surface area contributed by atoms with Gasteiger partial charge in [0.05, 0.1) is 18.8 Å². The second-order valence-electron chi connectivity index (χ2n) is 9.38. The maximum Gasteiger partial charge on any atom is 0.239 e. The van der Waals surface area contributed by atoms with Gasteiger partial charge in [0.1, 0.15) is 18.3 Å². The molecule has 38 heavy (non-hydrogen) atoms. The Hall–Kier alpha value is -3.74. The number of hydroxylamine groups is 2. The Morgan fingerprint density at radius 2 is 1.71 bits per heavy atom. The summed E-state index contributed by atoms with van der Waals surface area (Å²) in [6.45, 7) is 0.679. The van der Waals surface area contributed by atoms with Crippen LogP contribution in [0.2, 0.25) is 0 Å². The lowest BCUT2D eigenvalue weighted by atomic mass is 9.84. The molecule has 0 spiro atoms. The van der Waals surface area contributed by atoms with E-state index in [2.05, 4.69) is 15.4 Å². The minimum absolute atomic E-state index is 0.00368. The monoisotopic (exact) mass is 540 g/mol. The van der Waals surface area contributed by atoms with Gasteiger partial charge in [0, 0.05) is 11.5 Å². The van der Waals surface area contributed by atoms with Crippen molar-refractivity contribution in [2.24, 2.45) is 5.73 Å². The Kier molecular flexibility index (Phi) is 8.45. The number of sulfonamides is 1. The highest BCUT2D eigenvalue weighted by Crippen LogP contribution is 2.29. The summed E-state index contributed by atoms with van der Waals surface area (Å²) in [6.07, 6.45) is 3.71. The van der Waals surface area contributed by atoms with Crippen molar-refractivity contribution in [1.29, 1.82) is 5.41 Å². The standard InChI is InChI=1S/C26H32N6O5S/c1-38(35,36)31-23(21(17-9-4-2-5-10-17)18-11-6-3-7-12-18)25(34)30-22(24(33)20-13-8-14-29-20)19-15-32(26(27)28)37-16-19/h2-7,9-12,16,20-23,29,31H,8,13-15H2,1H3,(H3,27,28)(H,30,34)/t20-,22?,23+/m0/s1. The molecule has 12 heteroatoms. The molecular formula is C26H32N6O5S. The molecule has 2 heterocycles. The van der Waals surface area contributed by atoms with E-state index < -0.39 is 40.0 Å². The van der Waals surface area contributed by atoms with Crippen LogP contribution in [0.15, 0.2) is 72.5 Å². The van der Waals surface area contributed by atoms with Crippen LogP contribution in [0.5, 0.6) is 0 Å². The molecule has 0 aliphatic carbocycles. The molecule has 1 saturated heterocycles. The van der Waals surface area contributed by atoms with Crippen molar-refractivity contribution in [2.75, 3.05) is 19.3 Å². The fourth-order valence-corrected chi connectivity index (χ4v) is 5.49. The van der Waals surface area contributed by atoms with E-state index in [1.54, 1.807) is 0 Å². The molecule has 0 saturated carbocycles. The molecule has 2 aliphatic rings. The highest BCUT2D eigenvalue weighted by Gasteiger charge is 2.39. The van der Waals surface area contributed by atoms with Crippen LogP contribution in [0.3, 0.4) is 0 Å². The third-order valence-electron chi connectivity index (χ3n) is 6.55. The van der Waals surface area contributed by atoms with E-state index in [9.17, 15) is 18.0 Å². The number of hydrogen-bond acceptors (Lipinski definition) is 7. The average Bonchev–Trinajstić information content (AvgIpc) is 3.60. The first-order chi connectivity index (χ1) is 18.1. The number of benzene rings is 2. The summed E-state index contributed by atoms with van der Waals surface area (Å²) in [5.41, 5.74) is 7.39. The fourth-order valence-electron chi connectivity index (χ4n) is 4.78. The first-order valence-electron chi connectivity index (χ1n) is 12.3. The highest BCUT2D eigenvalue weighted by atomic mass is 32.2. The van der Waals surface area contributed by atoms with Gasteiger partial charge in [-0.15, -0.1) is 0 Å². The smallest absolute Gasteiger partial charge is 0.239 e. The summed E-state index contributed by atoms with van der Waals surface area (Å²) in [6, 6.07) is 15.4. The van der Waals surface area contributed by atoms with E-state index in [4.69, 9.17) is 16.0 Å². The molecule has 2 aromatic carbocycles. The van der Waals surface area contributed by atoms with Crippen molar-refractivity contribution < 1.29 is 22.8 Å². The number of hydrogen-bond donors (Lipinski definition) is 5. The lowest BCUT2D eigenvalue weighted by Gasteiger charge is -2.30. The van der Waals surface area contributed by atoms with Gasteiger partial charge in [-0.25, -0.2) is 13.1 Å². The van der Waals surface area contributed by atoms with Crippen LogP contribution >= 0.6 is 0 Å². The summed E-state index contributed by atoms with van der Waals surface area (Å²) in [5, 5.41) is 14.7. The van der Waals surface area contributed by atoms with Crippen LogP contribution in [0.1, 0.15) is 29.9 Å². The van der Waals surface area contributed by atoms with Crippen molar-refractivity contribution >= 4 is 27.7 Å². The summed E-state index contributed by atoms with van der Waals surface area (Å²) < 4.78 is 27.4. The minimum Gasteiger partial charge on any atom is -0.384 e. The van der Waals surface area contributed by atoms with E-state index in [0.717, 1.165) is 28.9 Å². The van der Waals surface area contributed by atoms with Crippen molar-refractivity contribution in [3.63, 3.8) is 0 Å². The zero-order chi connectivity index (χ0) is 27.3. The normalized spacial score (nSPS) is 18.9. The van der Waals surface area contributed by atoms with Gasteiger partial charge in [-0.3, -0.25) is 15.0 Å². The molecule has 6 N–H and O–H groups in total. The van der Waals surface area contributed by atoms with E-state index in [-0.39, 0.29) is 18.3 Å². The zero-order valence-electron chi connectivity index (χ0n) is 21.0. The van der Waals surface area contributed by atoms with Crippen LogP contribution in [0.25, 0.3) is 0 Å². The first-order valence-corrected chi connectivity index (χ1v) is 14.1. The number of carbonyl (C=O) groups is 2. The minimum atomic E-state index is -3.84. The van der Waals surface area contributed by atoms with Gasteiger partial charge in [0.2, 0.25) is 21.9 Å². The van der Waals surface area contributed by atoms with Crippen molar-refractivity contribution in [3.05, 3.63) is 83.6 Å². The van der Waals surface area contributed by atoms with Gasteiger partial charge >= 0.3 is 0 Å². The molecule has 1 amide bonds.